The average Bonchev–Trinajstić information content (AvgIpc) is 2.65. The minimum atomic E-state index is -0.792. The highest BCUT2D eigenvalue weighted by Crippen LogP contribution is 2.35. The van der Waals surface area contributed by atoms with Crippen LogP contribution in [0.1, 0.15) is 21.5 Å². The smallest absolute Gasteiger partial charge is 0.252 e. The van der Waals surface area contributed by atoms with Crippen LogP contribution in [0.25, 0.3) is 0 Å². The van der Waals surface area contributed by atoms with Crippen molar-refractivity contribution in [3.63, 3.8) is 0 Å². The van der Waals surface area contributed by atoms with Gasteiger partial charge in [0.15, 0.2) is 0 Å². The lowest BCUT2D eigenvalue weighted by molar-refractivity contribution is -0.153. The Morgan fingerprint density at radius 1 is 1.14 bits per heavy atom. The number of halogens is 1. The summed E-state index contributed by atoms with van der Waals surface area (Å²) in [6.45, 7) is 0.496. The maximum Gasteiger partial charge on any atom is 0.252 e. The van der Waals surface area contributed by atoms with Gasteiger partial charge in [-0.1, -0.05) is 41.9 Å². The van der Waals surface area contributed by atoms with Crippen molar-refractivity contribution in [2.75, 3.05) is 13.1 Å². The zero-order chi connectivity index (χ0) is 19.9. The van der Waals surface area contributed by atoms with Gasteiger partial charge in [-0.2, -0.15) is 0 Å². The van der Waals surface area contributed by atoms with E-state index in [9.17, 15) is 14.4 Å². The molecular weight excluding hydrogens is 378 g/mol. The average molecular weight is 398 g/mol. The van der Waals surface area contributed by atoms with Crippen LogP contribution in [0.5, 0.6) is 0 Å². The van der Waals surface area contributed by atoms with Gasteiger partial charge < -0.3 is 16.0 Å². The fourth-order valence-corrected chi connectivity index (χ4v) is 4.11. The van der Waals surface area contributed by atoms with Crippen LogP contribution < -0.4 is 11.1 Å². The number of hydrogen-bond donors (Lipinski definition) is 2. The van der Waals surface area contributed by atoms with Crippen LogP contribution in [0.2, 0.25) is 5.02 Å². The number of primary amides is 1. The molecule has 6 nitrogen and oxygen atoms in total. The summed E-state index contributed by atoms with van der Waals surface area (Å²) in [4.78, 5) is 38.9. The fourth-order valence-electron chi connectivity index (χ4n) is 3.98. The first-order chi connectivity index (χ1) is 13.4. The molecule has 1 atom stereocenters. The Hall–Kier alpha value is -2.86. The van der Waals surface area contributed by atoms with Crippen molar-refractivity contribution in [3.8, 4) is 0 Å². The number of fused-ring (bicyclic) bond motifs is 1. The Labute approximate surface area is 167 Å². The molecule has 0 bridgehead atoms. The summed E-state index contributed by atoms with van der Waals surface area (Å²) < 4.78 is 0. The molecule has 0 radical (unpaired) electrons. The van der Waals surface area contributed by atoms with Gasteiger partial charge in [0.1, 0.15) is 6.04 Å². The Balaban J connectivity index is 1.45. The number of likely N-dealkylation sites (tertiary alicyclic amines) is 1. The first-order valence-electron chi connectivity index (χ1n) is 9.10. The van der Waals surface area contributed by atoms with Crippen LogP contribution in [0, 0.1) is 5.41 Å². The molecule has 0 spiro atoms. The second-order valence-electron chi connectivity index (χ2n) is 7.53. The minimum absolute atomic E-state index is 0.184. The van der Waals surface area contributed by atoms with Crippen molar-refractivity contribution in [2.24, 2.45) is 11.1 Å². The summed E-state index contributed by atoms with van der Waals surface area (Å²) in [6, 6.07) is 13.9. The zero-order valence-corrected chi connectivity index (χ0v) is 15.9. The molecule has 0 saturated carbocycles. The lowest BCUT2D eigenvalue weighted by atomic mass is 9.73. The Morgan fingerprint density at radius 2 is 1.82 bits per heavy atom. The van der Waals surface area contributed by atoms with Gasteiger partial charge in [0.25, 0.3) is 5.91 Å². The zero-order valence-electron chi connectivity index (χ0n) is 15.2. The van der Waals surface area contributed by atoms with E-state index in [2.05, 4.69) is 5.32 Å². The standard InChI is InChI=1S/C21H20ClN3O3/c22-15-7-5-13(6-8-15)10-21(20(23)28)11-25(12-21)19(27)17-9-14-3-1-2-4-16(14)18(26)24-17/h1-8,17H,9-12H2,(H2,23,28)(H,24,26). The lowest BCUT2D eigenvalue weighted by Gasteiger charge is -2.49. The molecule has 1 fully saturated rings. The SMILES string of the molecule is NC(=O)C1(Cc2ccc(Cl)cc2)CN(C(=O)C2Cc3ccccc3C(=O)N2)C1. The Kier molecular flexibility index (Phi) is 4.59. The van der Waals surface area contributed by atoms with E-state index in [0.29, 0.717) is 23.4 Å². The predicted octanol–water partition coefficient (Wildman–Crippen LogP) is 1.55. The van der Waals surface area contributed by atoms with E-state index in [1.807, 2.05) is 24.3 Å². The van der Waals surface area contributed by atoms with Gasteiger partial charge in [0.2, 0.25) is 11.8 Å². The fraction of sp³-hybridized carbons (Fsp3) is 0.286. The van der Waals surface area contributed by atoms with Crippen LogP contribution in [-0.4, -0.2) is 41.8 Å². The molecule has 144 valence electrons. The molecule has 2 heterocycles. The molecule has 1 unspecified atom stereocenters. The van der Waals surface area contributed by atoms with E-state index in [1.165, 1.54) is 0 Å². The van der Waals surface area contributed by atoms with Gasteiger partial charge in [-0.3, -0.25) is 14.4 Å². The normalized spacial score (nSPS) is 20.0. The molecule has 7 heteroatoms. The Bertz CT molecular complexity index is 952. The number of carbonyl (C=O) groups is 3. The molecule has 4 rings (SSSR count). The van der Waals surface area contributed by atoms with Gasteiger partial charge in [-0.25, -0.2) is 0 Å². The summed E-state index contributed by atoms with van der Waals surface area (Å²) in [5, 5.41) is 3.39. The van der Waals surface area contributed by atoms with E-state index >= 15 is 0 Å². The molecule has 2 aromatic rings. The summed E-state index contributed by atoms with van der Waals surface area (Å²) in [7, 11) is 0. The number of nitrogens with zero attached hydrogens (tertiary/aromatic N) is 1. The van der Waals surface area contributed by atoms with Crippen LogP contribution in [0.4, 0.5) is 0 Å². The number of rotatable bonds is 4. The minimum Gasteiger partial charge on any atom is -0.369 e. The van der Waals surface area contributed by atoms with Gasteiger partial charge in [-0.05, 0) is 35.7 Å². The molecule has 3 N–H and O–H groups in total. The van der Waals surface area contributed by atoms with E-state index in [4.69, 9.17) is 17.3 Å². The summed E-state index contributed by atoms with van der Waals surface area (Å²) in [5.74, 6) is -0.858. The quantitative estimate of drug-likeness (QED) is 0.819. The third kappa shape index (κ3) is 3.24. The molecule has 0 aliphatic carbocycles. The van der Waals surface area contributed by atoms with Crippen molar-refractivity contribution in [1.29, 1.82) is 0 Å². The third-order valence-electron chi connectivity index (χ3n) is 5.57. The van der Waals surface area contributed by atoms with E-state index < -0.39 is 17.4 Å². The third-order valence-corrected chi connectivity index (χ3v) is 5.82. The number of nitrogens with one attached hydrogen (secondary N) is 1. The summed E-state index contributed by atoms with van der Waals surface area (Å²) >= 11 is 5.91. The van der Waals surface area contributed by atoms with Gasteiger partial charge >= 0.3 is 0 Å². The highest BCUT2D eigenvalue weighted by molar-refractivity contribution is 6.30. The largest absolute Gasteiger partial charge is 0.369 e. The molecule has 1 saturated heterocycles. The molecule has 28 heavy (non-hydrogen) atoms. The first kappa shape index (κ1) is 18.5. The first-order valence-corrected chi connectivity index (χ1v) is 9.48. The molecule has 2 aliphatic rings. The van der Waals surface area contributed by atoms with Crippen molar-refractivity contribution in [3.05, 3.63) is 70.2 Å². The second kappa shape index (κ2) is 6.95. The monoisotopic (exact) mass is 397 g/mol. The van der Waals surface area contributed by atoms with E-state index in [-0.39, 0.29) is 24.9 Å². The van der Waals surface area contributed by atoms with Crippen molar-refractivity contribution in [2.45, 2.75) is 18.9 Å². The number of nitrogens with two attached hydrogens (primary N) is 1. The van der Waals surface area contributed by atoms with E-state index in [1.54, 1.807) is 29.2 Å². The maximum atomic E-state index is 12.9. The second-order valence-corrected chi connectivity index (χ2v) is 7.97. The van der Waals surface area contributed by atoms with Gasteiger partial charge in [-0.15, -0.1) is 0 Å². The van der Waals surface area contributed by atoms with Crippen molar-refractivity contribution >= 4 is 29.3 Å². The van der Waals surface area contributed by atoms with Crippen LogP contribution in [-0.2, 0) is 22.4 Å². The van der Waals surface area contributed by atoms with Gasteiger partial charge in [0, 0.05) is 30.1 Å². The molecule has 2 aliphatic heterocycles. The summed E-state index contributed by atoms with van der Waals surface area (Å²) in [6.07, 6.45) is 0.890. The number of hydrogen-bond acceptors (Lipinski definition) is 3. The predicted molar refractivity (Wildman–Crippen MR) is 105 cm³/mol. The molecule has 2 aromatic carbocycles. The Morgan fingerprint density at radius 3 is 2.50 bits per heavy atom. The topological polar surface area (TPSA) is 92.5 Å². The van der Waals surface area contributed by atoms with Crippen LogP contribution in [0.15, 0.2) is 48.5 Å². The lowest BCUT2D eigenvalue weighted by Crippen LogP contribution is -2.67. The molecule has 0 aromatic heterocycles. The molecular formula is C21H20ClN3O3. The highest BCUT2D eigenvalue weighted by atomic mass is 35.5. The highest BCUT2D eigenvalue weighted by Gasteiger charge is 2.51. The van der Waals surface area contributed by atoms with Crippen LogP contribution in [0.3, 0.4) is 0 Å². The number of carbonyl (C=O) groups excluding carboxylic acids is 3. The maximum absolute atomic E-state index is 12.9. The number of amides is 3. The van der Waals surface area contributed by atoms with E-state index in [0.717, 1.165) is 11.1 Å². The summed E-state index contributed by atoms with van der Waals surface area (Å²) in [5.41, 5.74) is 7.27. The number of benzene rings is 2. The van der Waals surface area contributed by atoms with Crippen LogP contribution >= 0.6 is 11.6 Å². The molecule has 3 amide bonds. The van der Waals surface area contributed by atoms with Gasteiger partial charge in [0.05, 0.1) is 5.41 Å². The van der Waals surface area contributed by atoms with Crippen molar-refractivity contribution < 1.29 is 14.4 Å². The van der Waals surface area contributed by atoms with Crippen molar-refractivity contribution in [1.82, 2.24) is 10.2 Å².